The smallest absolute Gasteiger partial charge is 0.266 e. The van der Waals surface area contributed by atoms with Crippen molar-refractivity contribution in [2.75, 3.05) is 0 Å². The fraction of sp³-hybridized carbons (Fsp3) is 0.250. The van der Waals surface area contributed by atoms with Crippen LogP contribution in [0.4, 0.5) is 0 Å². The highest BCUT2D eigenvalue weighted by Crippen LogP contribution is 2.42. The molecule has 4 rings (SSSR count). The minimum Gasteiger partial charge on any atom is -0.335 e. The van der Waals surface area contributed by atoms with Crippen LogP contribution in [-0.4, -0.2) is 17.8 Å². The highest BCUT2D eigenvalue weighted by molar-refractivity contribution is 7.91. The molecule has 0 radical (unpaired) electrons. The largest absolute Gasteiger partial charge is 0.335 e. The molecule has 0 spiro atoms. The summed E-state index contributed by atoms with van der Waals surface area (Å²) in [6.45, 7) is 0. The Morgan fingerprint density at radius 3 is 2.37 bits per heavy atom. The predicted octanol–water partition coefficient (Wildman–Crippen LogP) is 4.79. The molecule has 1 aliphatic heterocycles. The van der Waals surface area contributed by atoms with Crippen LogP contribution in [0.15, 0.2) is 70.8 Å². The second kappa shape index (κ2) is 7.26. The van der Waals surface area contributed by atoms with Crippen molar-refractivity contribution in [3.05, 3.63) is 76.5 Å². The Kier molecular flexibility index (Phi) is 4.97. The molecule has 1 atom stereocenters. The number of halogens is 1. The van der Waals surface area contributed by atoms with E-state index >= 15 is 0 Å². The number of allylic oxidation sites excluding steroid dienone is 1. The molecule has 1 heterocycles. The number of nitrogens with one attached hydrogen (secondary N) is 1. The number of nitrogens with zero attached hydrogens (tertiary/aromatic N) is 1. The first-order valence-corrected chi connectivity index (χ1v) is 11.1. The summed E-state index contributed by atoms with van der Waals surface area (Å²) in [5.41, 5.74) is 3.03. The monoisotopic (exact) mass is 418 g/mol. The molecule has 140 valence electrons. The van der Waals surface area contributed by atoms with Crippen molar-refractivity contribution < 1.29 is 8.42 Å². The van der Waals surface area contributed by atoms with E-state index in [9.17, 15) is 8.42 Å². The fourth-order valence-electron chi connectivity index (χ4n) is 3.75. The van der Waals surface area contributed by atoms with Gasteiger partial charge >= 0.3 is 0 Å². The average Bonchev–Trinajstić information content (AvgIpc) is 2.68. The van der Waals surface area contributed by atoms with Crippen LogP contribution < -0.4 is 5.32 Å². The predicted molar refractivity (Wildman–Crippen MR) is 111 cm³/mol. The molecule has 2 aromatic rings. The number of hydrogen-bond donors (Lipinski definition) is 1. The van der Waals surface area contributed by atoms with Gasteiger partial charge in [0.2, 0.25) is 0 Å². The summed E-state index contributed by atoms with van der Waals surface area (Å²) >= 11 is 11.6. The van der Waals surface area contributed by atoms with Crippen LogP contribution >= 0.6 is 23.8 Å². The Hall–Kier alpha value is -1.89. The van der Waals surface area contributed by atoms with Crippen LogP contribution in [0.25, 0.3) is 0 Å². The lowest BCUT2D eigenvalue weighted by Crippen LogP contribution is -2.50. The topological polar surface area (TPSA) is 49.4 Å². The van der Waals surface area contributed by atoms with Crippen molar-refractivity contribution in [3.8, 4) is 0 Å². The van der Waals surface area contributed by atoms with E-state index < -0.39 is 16.1 Å². The van der Waals surface area contributed by atoms with Crippen molar-refractivity contribution in [1.29, 1.82) is 0 Å². The van der Waals surface area contributed by atoms with Gasteiger partial charge in [0.1, 0.15) is 0 Å². The van der Waals surface area contributed by atoms with Gasteiger partial charge in [0.05, 0.1) is 10.9 Å². The molecule has 1 N–H and O–H groups in total. The second-order valence-corrected chi connectivity index (χ2v) is 9.35. The molecular formula is C20H19ClN2O2S2. The van der Waals surface area contributed by atoms with E-state index in [-0.39, 0.29) is 10.0 Å². The summed E-state index contributed by atoms with van der Waals surface area (Å²) in [4.78, 5) is 0.230. The van der Waals surface area contributed by atoms with Gasteiger partial charge in [0, 0.05) is 10.7 Å². The first-order valence-electron chi connectivity index (χ1n) is 8.86. The zero-order valence-electron chi connectivity index (χ0n) is 14.6. The first kappa shape index (κ1) is 18.5. The van der Waals surface area contributed by atoms with Gasteiger partial charge < -0.3 is 5.32 Å². The Balaban J connectivity index is 1.89. The molecule has 0 bridgehead atoms. The van der Waals surface area contributed by atoms with Gasteiger partial charge in [-0.2, -0.15) is 0 Å². The van der Waals surface area contributed by atoms with Gasteiger partial charge in [-0.25, -0.2) is 12.7 Å². The zero-order chi connectivity index (χ0) is 19.0. The summed E-state index contributed by atoms with van der Waals surface area (Å²) in [6.07, 6.45) is 3.85. The number of benzene rings is 2. The first-order chi connectivity index (χ1) is 13.0. The zero-order valence-corrected chi connectivity index (χ0v) is 16.9. The molecule has 0 saturated heterocycles. The van der Waals surface area contributed by atoms with Crippen molar-refractivity contribution in [2.24, 2.45) is 0 Å². The third kappa shape index (κ3) is 3.37. The van der Waals surface area contributed by atoms with Crippen molar-refractivity contribution in [2.45, 2.75) is 36.6 Å². The number of sulfonamides is 1. The maximum atomic E-state index is 13.5. The lowest BCUT2D eigenvalue weighted by atomic mass is 9.86. The molecule has 1 aliphatic carbocycles. The minimum absolute atomic E-state index is 0.222. The van der Waals surface area contributed by atoms with Gasteiger partial charge in [-0.05, 0) is 73.3 Å². The van der Waals surface area contributed by atoms with Gasteiger partial charge in [-0.1, -0.05) is 41.9 Å². The normalized spacial score (nSPS) is 20.3. The van der Waals surface area contributed by atoms with Crippen molar-refractivity contribution in [3.63, 3.8) is 0 Å². The molecule has 27 heavy (non-hydrogen) atoms. The van der Waals surface area contributed by atoms with E-state index in [2.05, 4.69) is 5.32 Å². The van der Waals surface area contributed by atoms with Gasteiger partial charge in [0.25, 0.3) is 10.0 Å². The Morgan fingerprint density at radius 1 is 1.00 bits per heavy atom. The molecule has 0 aromatic heterocycles. The van der Waals surface area contributed by atoms with E-state index in [1.807, 2.05) is 12.1 Å². The third-order valence-electron chi connectivity index (χ3n) is 5.02. The van der Waals surface area contributed by atoms with E-state index in [1.165, 1.54) is 4.31 Å². The third-order valence-corrected chi connectivity index (χ3v) is 7.46. The van der Waals surface area contributed by atoms with E-state index in [1.54, 1.807) is 42.5 Å². The van der Waals surface area contributed by atoms with Crippen LogP contribution in [-0.2, 0) is 10.0 Å². The molecule has 2 aromatic carbocycles. The summed E-state index contributed by atoms with van der Waals surface area (Å²) in [7, 11) is -3.81. The standard InChI is InChI=1S/C20H19ClN2O2S2/c21-15-12-10-14(11-13-15)19-17-8-4-5-9-18(17)22-20(26)23(19)27(24,25)16-6-2-1-3-7-16/h1-3,6-7,10-13,19H,4-5,8-9H2,(H,22,26). The summed E-state index contributed by atoms with van der Waals surface area (Å²) < 4.78 is 28.3. The molecule has 7 heteroatoms. The lowest BCUT2D eigenvalue weighted by Gasteiger charge is -2.42. The molecule has 0 amide bonds. The van der Waals surface area contributed by atoms with E-state index in [4.69, 9.17) is 23.8 Å². The molecule has 1 unspecified atom stereocenters. The Labute approximate surface area is 169 Å². The summed E-state index contributed by atoms with van der Waals surface area (Å²) in [5.74, 6) is 0. The van der Waals surface area contributed by atoms with Crippen molar-refractivity contribution >= 4 is 39.0 Å². The molecule has 4 nitrogen and oxygen atoms in total. The molecule has 0 saturated carbocycles. The number of thiocarbonyl (C=S) groups is 1. The number of rotatable bonds is 3. The van der Waals surface area contributed by atoms with Gasteiger partial charge in [0.15, 0.2) is 5.11 Å². The maximum absolute atomic E-state index is 13.5. The SMILES string of the molecule is O=S(=O)(c1ccccc1)N1C(=S)NC2=C(CCCC2)C1c1ccc(Cl)cc1. The van der Waals surface area contributed by atoms with E-state index in [0.29, 0.717) is 5.02 Å². The van der Waals surface area contributed by atoms with Gasteiger partial charge in [-0.15, -0.1) is 0 Å². The Bertz CT molecular complexity index is 1000. The summed E-state index contributed by atoms with van der Waals surface area (Å²) in [6, 6.07) is 15.3. The van der Waals surface area contributed by atoms with Crippen molar-refractivity contribution in [1.82, 2.24) is 9.62 Å². The second-order valence-electron chi connectivity index (χ2n) is 6.71. The van der Waals surface area contributed by atoms with Gasteiger partial charge in [-0.3, -0.25) is 0 Å². The van der Waals surface area contributed by atoms with Crippen LogP contribution in [0.1, 0.15) is 37.3 Å². The van der Waals surface area contributed by atoms with E-state index in [0.717, 1.165) is 42.5 Å². The highest BCUT2D eigenvalue weighted by atomic mass is 35.5. The molecule has 2 aliphatic rings. The highest BCUT2D eigenvalue weighted by Gasteiger charge is 2.41. The average molecular weight is 419 g/mol. The van der Waals surface area contributed by atoms with Crippen LogP contribution in [0.2, 0.25) is 5.02 Å². The maximum Gasteiger partial charge on any atom is 0.266 e. The van der Waals surface area contributed by atoms with Crippen LogP contribution in [0.5, 0.6) is 0 Å². The fourth-order valence-corrected chi connectivity index (χ4v) is 5.92. The number of hydrogen-bond acceptors (Lipinski definition) is 3. The quantitative estimate of drug-likeness (QED) is 0.728. The Morgan fingerprint density at radius 2 is 1.67 bits per heavy atom. The molecule has 0 fully saturated rings. The van der Waals surface area contributed by atoms with Crippen LogP contribution in [0, 0.1) is 0 Å². The van der Waals surface area contributed by atoms with Crippen LogP contribution in [0.3, 0.4) is 0 Å². The lowest BCUT2D eigenvalue weighted by molar-refractivity contribution is 0.428. The minimum atomic E-state index is -3.81. The molecular weight excluding hydrogens is 400 g/mol. The summed E-state index contributed by atoms with van der Waals surface area (Å²) in [5, 5.41) is 4.03.